The number of carbonyl (C=O) groups excluding carboxylic acids is 1. The number of halogens is 2. The highest BCUT2D eigenvalue weighted by molar-refractivity contribution is 6.69. The number of aliphatic imine (C=N–C) groups is 1. The van der Waals surface area contributed by atoms with E-state index in [9.17, 15) is 4.79 Å². The van der Waals surface area contributed by atoms with Crippen LogP contribution in [-0.2, 0) is 6.42 Å². The molecule has 0 saturated heterocycles. The standard InChI is InChI=1S/C32H32ClFN6O2/c1-39(2)14-7-15-40(3)31(41)20-8-5-9-22(16-20)37-32-36-18-21-12-13-23-24(29-26(34)10-6-11-27(29)42-4)17-28(33)35-19-25(23)30(21)38-32/h5-6,8-11,13,16-19H,7,12,14-15H2,1-4H3,(H,36,37,38). The first kappa shape index (κ1) is 29.2. The number of methoxy groups -OCH3 is 1. The number of aromatic nitrogens is 2. The van der Waals surface area contributed by atoms with E-state index >= 15 is 4.39 Å². The predicted octanol–water partition coefficient (Wildman–Crippen LogP) is 5.95. The van der Waals surface area contributed by atoms with Crippen molar-refractivity contribution in [2.45, 2.75) is 12.8 Å². The fraction of sp³-hybridized carbons (Fsp3) is 0.250. The van der Waals surface area contributed by atoms with Gasteiger partial charge in [-0.05, 0) is 81.0 Å². The van der Waals surface area contributed by atoms with Crippen molar-refractivity contribution in [2.75, 3.05) is 46.7 Å². The minimum Gasteiger partial charge on any atom is -0.496 e. The van der Waals surface area contributed by atoms with Crippen LogP contribution >= 0.6 is 11.6 Å². The summed E-state index contributed by atoms with van der Waals surface area (Å²) in [6, 6.07) is 12.0. The van der Waals surface area contributed by atoms with Crippen molar-refractivity contribution in [2.24, 2.45) is 4.99 Å². The van der Waals surface area contributed by atoms with Gasteiger partial charge in [-0.25, -0.2) is 19.4 Å². The largest absolute Gasteiger partial charge is 0.496 e. The summed E-state index contributed by atoms with van der Waals surface area (Å²) in [5.41, 5.74) is 5.11. The molecular formula is C32H32ClFN6O2. The summed E-state index contributed by atoms with van der Waals surface area (Å²) in [5.74, 6) is 0.259. The average Bonchev–Trinajstić information content (AvgIpc) is 3.15. The van der Waals surface area contributed by atoms with Gasteiger partial charge in [0, 0.05) is 48.4 Å². The number of carbonyl (C=O) groups is 1. The second-order valence-corrected chi connectivity index (χ2v) is 10.7. The fourth-order valence-electron chi connectivity index (χ4n) is 4.99. The number of nitrogens with zero attached hydrogens (tertiary/aromatic N) is 5. The van der Waals surface area contributed by atoms with E-state index in [1.54, 1.807) is 47.6 Å². The highest BCUT2D eigenvalue weighted by atomic mass is 35.5. The van der Waals surface area contributed by atoms with E-state index in [2.05, 4.69) is 20.2 Å². The van der Waals surface area contributed by atoms with E-state index in [0.29, 0.717) is 58.3 Å². The lowest BCUT2D eigenvalue weighted by Crippen LogP contribution is -2.29. The van der Waals surface area contributed by atoms with Gasteiger partial charge in [0.15, 0.2) is 0 Å². The Morgan fingerprint density at radius 2 is 1.90 bits per heavy atom. The molecule has 42 heavy (non-hydrogen) atoms. The number of fused-ring (bicyclic) bond motifs is 3. The first-order valence-electron chi connectivity index (χ1n) is 13.6. The lowest BCUT2D eigenvalue weighted by atomic mass is 9.84. The summed E-state index contributed by atoms with van der Waals surface area (Å²) >= 11 is 6.41. The maximum Gasteiger partial charge on any atom is 0.253 e. The second kappa shape index (κ2) is 12.7. The molecule has 5 rings (SSSR count). The lowest BCUT2D eigenvalue weighted by molar-refractivity contribution is 0.0790. The molecule has 1 aliphatic heterocycles. The lowest BCUT2D eigenvalue weighted by Gasteiger charge is -2.22. The molecule has 2 aliphatic rings. The van der Waals surface area contributed by atoms with Crippen LogP contribution in [0.5, 0.6) is 5.75 Å². The zero-order valence-electron chi connectivity index (χ0n) is 24.0. The second-order valence-electron chi connectivity index (χ2n) is 10.3. The smallest absolute Gasteiger partial charge is 0.253 e. The summed E-state index contributed by atoms with van der Waals surface area (Å²) in [6.07, 6.45) is 8.47. The molecule has 0 unspecified atom stereocenters. The van der Waals surface area contributed by atoms with Crippen molar-refractivity contribution in [1.82, 2.24) is 19.8 Å². The van der Waals surface area contributed by atoms with Crippen molar-refractivity contribution in [3.8, 4) is 5.75 Å². The topological polar surface area (TPSA) is 83.0 Å². The molecule has 1 aliphatic carbocycles. The number of hydrogen-bond donors (Lipinski definition) is 1. The Balaban J connectivity index is 1.42. The van der Waals surface area contributed by atoms with Crippen molar-refractivity contribution >= 4 is 45.5 Å². The van der Waals surface area contributed by atoms with Gasteiger partial charge < -0.3 is 19.9 Å². The molecule has 3 aromatic rings. The molecule has 8 nitrogen and oxygen atoms in total. The van der Waals surface area contributed by atoms with E-state index in [1.807, 2.05) is 39.4 Å². The number of hydrogen-bond acceptors (Lipinski definition) is 7. The van der Waals surface area contributed by atoms with Crippen LogP contribution in [-0.4, -0.2) is 72.2 Å². The maximum absolute atomic E-state index is 15.2. The first-order chi connectivity index (χ1) is 20.2. The molecule has 216 valence electrons. The predicted molar refractivity (Wildman–Crippen MR) is 166 cm³/mol. The summed E-state index contributed by atoms with van der Waals surface area (Å²) in [5, 5.41) is 3.44. The minimum atomic E-state index is -0.430. The molecule has 0 saturated carbocycles. The Morgan fingerprint density at radius 1 is 1.10 bits per heavy atom. The Morgan fingerprint density at radius 3 is 2.69 bits per heavy atom. The highest BCUT2D eigenvalue weighted by Gasteiger charge is 2.28. The van der Waals surface area contributed by atoms with E-state index in [-0.39, 0.29) is 11.1 Å². The molecule has 0 fully saturated rings. The van der Waals surface area contributed by atoms with E-state index in [1.165, 1.54) is 13.2 Å². The third-order valence-electron chi connectivity index (χ3n) is 7.08. The quantitative estimate of drug-likeness (QED) is 0.334. The van der Waals surface area contributed by atoms with Crippen LogP contribution in [0.1, 0.15) is 33.6 Å². The van der Waals surface area contributed by atoms with Crippen LogP contribution in [0, 0.1) is 5.82 Å². The number of rotatable bonds is 9. The van der Waals surface area contributed by atoms with Gasteiger partial charge in [-0.15, -0.1) is 0 Å². The molecule has 0 atom stereocenters. The maximum atomic E-state index is 15.2. The normalized spacial score (nSPS) is 14.1. The molecule has 0 radical (unpaired) electrons. The molecule has 1 N–H and O–H groups in total. The van der Waals surface area contributed by atoms with Gasteiger partial charge in [-0.2, -0.15) is 0 Å². The van der Waals surface area contributed by atoms with Crippen LogP contribution in [0.2, 0.25) is 0 Å². The van der Waals surface area contributed by atoms with Crippen molar-refractivity contribution in [3.63, 3.8) is 0 Å². The van der Waals surface area contributed by atoms with E-state index in [0.717, 1.165) is 24.1 Å². The number of nitrogens with one attached hydrogen (secondary N) is 1. The molecule has 10 heteroatoms. The SMILES string of the molecule is COc1cccc(F)c1C1=CC(Cl)=NC=C2C1=CCc1cnc(Nc3cccc(C(=O)N(C)CCCN(C)C)c3)nc12. The van der Waals surface area contributed by atoms with Crippen molar-refractivity contribution in [1.29, 1.82) is 0 Å². The molecule has 1 amide bonds. The Kier molecular flexibility index (Phi) is 8.80. The van der Waals surface area contributed by atoms with Crippen LogP contribution in [0.4, 0.5) is 16.0 Å². The number of amides is 1. The van der Waals surface area contributed by atoms with Gasteiger partial charge in [0.25, 0.3) is 5.91 Å². The van der Waals surface area contributed by atoms with Gasteiger partial charge in [0.1, 0.15) is 16.7 Å². The number of benzene rings is 2. The summed E-state index contributed by atoms with van der Waals surface area (Å²) in [7, 11) is 7.34. The summed E-state index contributed by atoms with van der Waals surface area (Å²) in [4.78, 5) is 30.6. The van der Waals surface area contributed by atoms with Crippen molar-refractivity contribution in [3.05, 3.63) is 101 Å². The van der Waals surface area contributed by atoms with Crippen LogP contribution in [0.15, 0.2) is 77.6 Å². The van der Waals surface area contributed by atoms with Crippen molar-refractivity contribution < 1.29 is 13.9 Å². The third kappa shape index (κ3) is 6.27. The molecule has 2 heterocycles. The van der Waals surface area contributed by atoms with Crippen LogP contribution in [0.25, 0.3) is 11.1 Å². The third-order valence-corrected chi connectivity index (χ3v) is 7.29. The molecule has 2 aromatic carbocycles. The average molecular weight is 587 g/mol. The Hall–Kier alpha value is -4.34. The van der Waals surface area contributed by atoms with Gasteiger partial charge >= 0.3 is 0 Å². The molecule has 0 bridgehead atoms. The van der Waals surface area contributed by atoms with Gasteiger partial charge in [-0.3, -0.25) is 4.79 Å². The van der Waals surface area contributed by atoms with Crippen LogP contribution in [0.3, 0.4) is 0 Å². The first-order valence-corrected chi connectivity index (χ1v) is 14.0. The van der Waals surface area contributed by atoms with Gasteiger partial charge in [-0.1, -0.05) is 29.8 Å². The van der Waals surface area contributed by atoms with Crippen LogP contribution < -0.4 is 10.1 Å². The van der Waals surface area contributed by atoms with Gasteiger partial charge in [0.05, 0.1) is 18.4 Å². The summed E-state index contributed by atoms with van der Waals surface area (Å²) < 4.78 is 20.6. The van der Waals surface area contributed by atoms with E-state index in [4.69, 9.17) is 21.3 Å². The summed E-state index contributed by atoms with van der Waals surface area (Å²) in [6.45, 7) is 1.57. The zero-order valence-corrected chi connectivity index (χ0v) is 24.7. The molecule has 1 aromatic heterocycles. The Bertz CT molecular complexity index is 1650. The number of anilines is 2. The highest BCUT2D eigenvalue weighted by Crippen LogP contribution is 2.43. The van der Waals surface area contributed by atoms with Gasteiger partial charge in [0.2, 0.25) is 5.95 Å². The number of ether oxygens (including phenoxy) is 1. The minimum absolute atomic E-state index is 0.0558. The zero-order chi connectivity index (χ0) is 29.8. The Labute approximate surface area is 249 Å². The molecular weight excluding hydrogens is 555 g/mol. The fourth-order valence-corrected chi connectivity index (χ4v) is 5.15. The van der Waals surface area contributed by atoms with E-state index < -0.39 is 5.82 Å². The number of allylic oxidation sites excluding steroid dienone is 5. The monoisotopic (exact) mass is 586 g/mol. The molecule has 0 spiro atoms.